The highest BCUT2D eigenvalue weighted by atomic mass is 16.6. The normalized spacial score (nSPS) is 16.7. The van der Waals surface area contributed by atoms with Crippen molar-refractivity contribution in [2.45, 2.75) is 51.7 Å². The molecule has 3 aromatic rings. The SMILES string of the molecule is CNc1cccc(Nc2ncnc3cc(OC)c(N4CC5(CCN(C(=O)OC(C)(C)C)CC5)OC4=O)cc23)c1C. The Balaban J connectivity index is 1.42. The summed E-state index contributed by atoms with van der Waals surface area (Å²) in [5.74, 6) is 1.11. The fourth-order valence-electron chi connectivity index (χ4n) is 5.21. The molecular formula is C29H36N6O5. The molecule has 11 heteroatoms. The molecule has 0 aliphatic carbocycles. The van der Waals surface area contributed by atoms with Gasteiger partial charge in [-0.05, 0) is 51.5 Å². The predicted octanol–water partition coefficient (Wildman–Crippen LogP) is 5.46. The lowest BCUT2D eigenvalue weighted by atomic mass is 9.91. The van der Waals surface area contributed by atoms with E-state index in [-0.39, 0.29) is 6.09 Å². The summed E-state index contributed by atoms with van der Waals surface area (Å²) < 4.78 is 17.2. The number of methoxy groups -OCH3 is 1. The first-order chi connectivity index (χ1) is 19.0. The van der Waals surface area contributed by atoms with Crippen LogP contribution in [0.25, 0.3) is 10.9 Å². The van der Waals surface area contributed by atoms with E-state index < -0.39 is 17.3 Å². The molecule has 0 bridgehead atoms. The number of fused-ring (bicyclic) bond motifs is 1. The average Bonchev–Trinajstić information content (AvgIpc) is 3.23. The molecule has 1 aromatic heterocycles. The van der Waals surface area contributed by atoms with Crippen LogP contribution in [0.15, 0.2) is 36.7 Å². The standard InChI is InChI=1S/C29H36N6O5/c1-18-20(30-5)8-7-9-21(18)33-25-19-14-23(24(38-6)15-22(19)31-17-32-25)35-16-29(40-27(35)37)10-12-34(13-11-29)26(36)39-28(2,3)4/h7-9,14-15,17,30H,10-13,16H2,1-6H3,(H,31,32,33). The van der Waals surface area contributed by atoms with E-state index in [1.54, 1.807) is 23.0 Å². The number of hydrogen-bond acceptors (Lipinski definition) is 9. The summed E-state index contributed by atoms with van der Waals surface area (Å²) in [7, 11) is 3.45. The number of piperidine rings is 1. The number of amides is 2. The number of benzene rings is 2. The van der Waals surface area contributed by atoms with Crippen molar-refractivity contribution in [2.75, 3.05) is 49.3 Å². The lowest BCUT2D eigenvalue weighted by Crippen LogP contribution is -2.49. The molecule has 5 rings (SSSR count). The second-order valence-electron chi connectivity index (χ2n) is 11.2. The molecule has 2 amide bonds. The van der Waals surface area contributed by atoms with Gasteiger partial charge in [-0.3, -0.25) is 4.90 Å². The van der Waals surface area contributed by atoms with Gasteiger partial charge in [0.25, 0.3) is 0 Å². The summed E-state index contributed by atoms with van der Waals surface area (Å²) in [5.41, 5.74) is 2.94. The van der Waals surface area contributed by atoms with Crippen LogP contribution in [0, 0.1) is 6.92 Å². The molecule has 2 N–H and O–H groups in total. The maximum atomic E-state index is 13.2. The van der Waals surface area contributed by atoms with Crippen molar-refractivity contribution in [3.8, 4) is 5.75 Å². The van der Waals surface area contributed by atoms with Crippen molar-refractivity contribution in [2.24, 2.45) is 0 Å². The highest BCUT2D eigenvalue weighted by Gasteiger charge is 2.49. The average molecular weight is 549 g/mol. The smallest absolute Gasteiger partial charge is 0.415 e. The molecule has 3 heterocycles. The molecule has 2 aromatic carbocycles. The van der Waals surface area contributed by atoms with E-state index in [1.165, 1.54) is 6.33 Å². The van der Waals surface area contributed by atoms with Gasteiger partial charge in [0, 0.05) is 55.8 Å². The van der Waals surface area contributed by atoms with Crippen molar-refractivity contribution >= 4 is 46.0 Å². The largest absolute Gasteiger partial charge is 0.494 e. The summed E-state index contributed by atoms with van der Waals surface area (Å²) >= 11 is 0. The Hall–Kier alpha value is -4.28. The topological polar surface area (TPSA) is 118 Å². The Morgan fingerprint density at radius 1 is 1.12 bits per heavy atom. The molecular weight excluding hydrogens is 512 g/mol. The number of anilines is 4. The number of aromatic nitrogens is 2. The number of nitrogens with one attached hydrogen (secondary N) is 2. The lowest BCUT2D eigenvalue weighted by molar-refractivity contribution is -0.0167. The van der Waals surface area contributed by atoms with Crippen LogP contribution in [0.5, 0.6) is 5.75 Å². The number of carbonyl (C=O) groups is 2. The monoisotopic (exact) mass is 548 g/mol. The van der Waals surface area contributed by atoms with Gasteiger partial charge in [-0.1, -0.05) is 6.07 Å². The molecule has 2 saturated heterocycles. The molecule has 0 radical (unpaired) electrons. The van der Waals surface area contributed by atoms with Gasteiger partial charge in [0.05, 0.1) is 24.9 Å². The van der Waals surface area contributed by atoms with Gasteiger partial charge in [0.2, 0.25) is 0 Å². The number of rotatable bonds is 5. The third-order valence-electron chi connectivity index (χ3n) is 7.38. The molecule has 0 atom stereocenters. The molecule has 2 aliphatic heterocycles. The van der Waals surface area contributed by atoms with Gasteiger partial charge >= 0.3 is 12.2 Å². The summed E-state index contributed by atoms with van der Waals surface area (Å²) in [6.07, 6.45) is 1.73. The Morgan fingerprint density at radius 2 is 1.85 bits per heavy atom. The second kappa shape index (κ2) is 10.4. The minimum atomic E-state index is -0.700. The Kier molecular flexibility index (Phi) is 7.07. The maximum absolute atomic E-state index is 13.2. The van der Waals surface area contributed by atoms with E-state index in [9.17, 15) is 9.59 Å². The maximum Gasteiger partial charge on any atom is 0.415 e. The van der Waals surface area contributed by atoms with Crippen LogP contribution in [0.3, 0.4) is 0 Å². The van der Waals surface area contributed by atoms with Crippen LogP contribution in [-0.2, 0) is 9.47 Å². The van der Waals surface area contributed by atoms with Gasteiger partial charge in [-0.15, -0.1) is 0 Å². The van der Waals surface area contributed by atoms with Gasteiger partial charge in [-0.25, -0.2) is 19.6 Å². The van der Waals surface area contributed by atoms with Gasteiger partial charge in [0.15, 0.2) is 0 Å². The molecule has 11 nitrogen and oxygen atoms in total. The van der Waals surface area contributed by atoms with Gasteiger partial charge in [0.1, 0.15) is 29.1 Å². The zero-order chi connectivity index (χ0) is 28.7. The fraction of sp³-hybridized carbons (Fsp3) is 0.448. The summed E-state index contributed by atoms with van der Waals surface area (Å²) in [4.78, 5) is 38.0. The Labute approximate surface area is 233 Å². The number of carbonyl (C=O) groups excluding carboxylic acids is 2. The number of hydrogen-bond donors (Lipinski definition) is 2. The second-order valence-corrected chi connectivity index (χ2v) is 11.2. The van der Waals surface area contributed by atoms with Crippen molar-refractivity contribution in [3.05, 3.63) is 42.2 Å². The molecule has 1 spiro atoms. The van der Waals surface area contributed by atoms with Crippen molar-refractivity contribution in [3.63, 3.8) is 0 Å². The number of ether oxygens (including phenoxy) is 3. The van der Waals surface area contributed by atoms with Crippen LogP contribution in [0.4, 0.5) is 32.5 Å². The molecule has 2 aliphatic rings. The van der Waals surface area contributed by atoms with E-state index in [0.717, 1.165) is 22.3 Å². The zero-order valence-corrected chi connectivity index (χ0v) is 23.8. The summed E-state index contributed by atoms with van der Waals surface area (Å²) in [6.45, 7) is 8.79. The Morgan fingerprint density at radius 3 is 2.52 bits per heavy atom. The van der Waals surface area contributed by atoms with E-state index in [1.807, 2.05) is 59.0 Å². The quantitative estimate of drug-likeness (QED) is 0.428. The van der Waals surface area contributed by atoms with Crippen LogP contribution in [-0.4, -0.2) is 72.0 Å². The first-order valence-electron chi connectivity index (χ1n) is 13.4. The number of nitrogens with zero attached hydrogens (tertiary/aromatic N) is 4. The fourth-order valence-corrected chi connectivity index (χ4v) is 5.21. The number of likely N-dealkylation sites (tertiary alicyclic amines) is 1. The first kappa shape index (κ1) is 27.3. The lowest BCUT2D eigenvalue weighted by Gasteiger charge is -2.37. The Bertz CT molecular complexity index is 1440. The van der Waals surface area contributed by atoms with Crippen LogP contribution >= 0.6 is 0 Å². The highest BCUT2D eigenvalue weighted by Crippen LogP contribution is 2.42. The molecule has 0 saturated carbocycles. The van der Waals surface area contributed by atoms with Crippen molar-refractivity contribution in [1.29, 1.82) is 0 Å². The van der Waals surface area contributed by atoms with Crippen LogP contribution in [0.1, 0.15) is 39.2 Å². The summed E-state index contributed by atoms with van der Waals surface area (Å²) in [5, 5.41) is 7.36. The first-order valence-corrected chi connectivity index (χ1v) is 13.4. The third kappa shape index (κ3) is 5.28. The molecule has 40 heavy (non-hydrogen) atoms. The summed E-state index contributed by atoms with van der Waals surface area (Å²) in [6, 6.07) is 9.63. The minimum absolute atomic E-state index is 0.343. The van der Waals surface area contributed by atoms with E-state index >= 15 is 0 Å². The molecule has 0 unspecified atom stereocenters. The highest BCUT2D eigenvalue weighted by molar-refractivity contribution is 6.00. The predicted molar refractivity (Wildman–Crippen MR) is 154 cm³/mol. The van der Waals surface area contributed by atoms with Crippen LogP contribution in [0.2, 0.25) is 0 Å². The van der Waals surface area contributed by atoms with Crippen molar-refractivity contribution in [1.82, 2.24) is 14.9 Å². The van der Waals surface area contributed by atoms with Crippen LogP contribution < -0.4 is 20.3 Å². The van der Waals surface area contributed by atoms with E-state index in [4.69, 9.17) is 14.2 Å². The third-order valence-corrected chi connectivity index (χ3v) is 7.38. The van der Waals surface area contributed by atoms with E-state index in [0.29, 0.717) is 55.2 Å². The molecule has 2 fully saturated rings. The minimum Gasteiger partial charge on any atom is -0.494 e. The van der Waals surface area contributed by atoms with Gasteiger partial charge in [-0.2, -0.15) is 0 Å². The zero-order valence-electron chi connectivity index (χ0n) is 23.8. The molecule has 212 valence electrons. The van der Waals surface area contributed by atoms with Crippen molar-refractivity contribution < 1.29 is 23.8 Å². The van der Waals surface area contributed by atoms with Gasteiger partial charge < -0.3 is 29.7 Å². The van der Waals surface area contributed by atoms with E-state index in [2.05, 4.69) is 20.6 Å².